The first kappa shape index (κ1) is 19.3. The van der Waals surface area contributed by atoms with Crippen molar-refractivity contribution in [3.05, 3.63) is 18.2 Å². The molecule has 1 aliphatic rings. The molecule has 1 aromatic carbocycles. The summed E-state index contributed by atoms with van der Waals surface area (Å²) in [5, 5.41) is 6.72. The molecule has 25 heavy (non-hydrogen) atoms. The number of hydrogen-bond donors (Lipinski definition) is 2. The van der Waals surface area contributed by atoms with Crippen LogP contribution in [0.25, 0.3) is 0 Å². The lowest BCUT2D eigenvalue weighted by molar-refractivity contribution is 0.116. The van der Waals surface area contributed by atoms with E-state index in [1.165, 1.54) is 0 Å². The van der Waals surface area contributed by atoms with E-state index in [-0.39, 0.29) is 0 Å². The average molecular weight is 349 g/mol. The third-order valence-electron chi connectivity index (χ3n) is 4.44. The second kappa shape index (κ2) is 9.48. The average Bonchev–Trinajstić information content (AvgIpc) is 2.62. The van der Waals surface area contributed by atoms with Crippen LogP contribution in [0.15, 0.2) is 23.2 Å². The molecule has 1 aliphatic heterocycles. The number of methoxy groups -OCH3 is 1. The molecule has 1 unspecified atom stereocenters. The molecule has 0 bridgehead atoms. The number of ether oxygens (including phenoxy) is 2. The predicted octanol–water partition coefficient (Wildman–Crippen LogP) is 1.33. The number of rotatable bonds is 6. The van der Waals surface area contributed by atoms with Crippen molar-refractivity contribution in [2.75, 3.05) is 66.4 Å². The van der Waals surface area contributed by atoms with Gasteiger partial charge in [-0.15, -0.1) is 0 Å². The number of likely N-dealkylation sites (N-methyl/N-ethyl adjacent to an activating group) is 2. The maximum Gasteiger partial charge on any atom is 0.195 e. The lowest BCUT2D eigenvalue weighted by Gasteiger charge is -2.37. The van der Waals surface area contributed by atoms with Crippen molar-refractivity contribution in [3.8, 4) is 11.5 Å². The zero-order chi connectivity index (χ0) is 18.2. The monoisotopic (exact) mass is 349 g/mol. The maximum absolute atomic E-state index is 5.55. The van der Waals surface area contributed by atoms with Gasteiger partial charge in [0, 0.05) is 51.0 Å². The van der Waals surface area contributed by atoms with Crippen LogP contribution in [-0.2, 0) is 0 Å². The highest BCUT2D eigenvalue weighted by atomic mass is 16.5. The summed E-state index contributed by atoms with van der Waals surface area (Å²) in [6.45, 7) is 6.66. The third kappa shape index (κ3) is 5.51. The van der Waals surface area contributed by atoms with Crippen molar-refractivity contribution >= 4 is 11.6 Å². The Morgan fingerprint density at radius 2 is 2.08 bits per heavy atom. The fourth-order valence-corrected chi connectivity index (χ4v) is 2.87. The number of piperazine rings is 1. The minimum Gasteiger partial charge on any atom is -0.493 e. The van der Waals surface area contributed by atoms with Gasteiger partial charge in [-0.25, -0.2) is 0 Å². The van der Waals surface area contributed by atoms with E-state index in [4.69, 9.17) is 9.47 Å². The van der Waals surface area contributed by atoms with E-state index >= 15 is 0 Å². The second-order valence-corrected chi connectivity index (χ2v) is 6.27. The lowest BCUT2D eigenvalue weighted by atomic mass is 10.2. The topological polar surface area (TPSA) is 61.4 Å². The zero-order valence-corrected chi connectivity index (χ0v) is 16.0. The highest BCUT2D eigenvalue weighted by Gasteiger charge is 2.22. The Balaban J connectivity index is 1.95. The van der Waals surface area contributed by atoms with E-state index in [0.29, 0.717) is 18.4 Å². The Kier molecular flexibility index (Phi) is 7.33. The van der Waals surface area contributed by atoms with Crippen LogP contribution in [0, 0.1) is 0 Å². The van der Waals surface area contributed by atoms with Gasteiger partial charge < -0.3 is 25.0 Å². The minimum atomic E-state index is 0.465. The molecule has 1 atom stereocenters. The quantitative estimate of drug-likeness (QED) is 0.597. The summed E-state index contributed by atoms with van der Waals surface area (Å²) in [6, 6.07) is 6.24. The van der Waals surface area contributed by atoms with E-state index in [9.17, 15) is 0 Å². The van der Waals surface area contributed by atoms with Gasteiger partial charge in [-0.3, -0.25) is 9.89 Å². The number of aliphatic imine (C=N–C) groups is 1. The van der Waals surface area contributed by atoms with Crippen molar-refractivity contribution in [2.24, 2.45) is 4.99 Å². The molecule has 7 heteroatoms. The van der Waals surface area contributed by atoms with Crippen molar-refractivity contribution in [1.29, 1.82) is 0 Å². The van der Waals surface area contributed by atoms with Crippen LogP contribution < -0.4 is 20.1 Å². The Hall–Kier alpha value is -1.99. The summed E-state index contributed by atoms with van der Waals surface area (Å²) in [6.07, 6.45) is 0. The van der Waals surface area contributed by atoms with Crippen molar-refractivity contribution in [3.63, 3.8) is 0 Å². The zero-order valence-electron chi connectivity index (χ0n) is 16.0. The highest BCUT2D eigenvalue weighted by Crippen LogP contribution is 2.30. The molecule has 0 aliphatic carbocycles. The van der Waals surface area contributed by atoms with Gasteiger partial charge >= 0.3 is 0 Å². The van der Waals surface area contributed by atoms with Crippen molar-refractivity contribution in [1.82, 2.24) is 15.1 Å². The van der Waals surface area contributed by atoms with Gasteiger partial charge in [0.2, 0.25) is 0 Å². The summed E-state index contributed by atoms with van der Waals surface area (Å²) >= 11 is 0. The molecule has 0 radical (unpaired) electrons. The molecule has 1 saturated heterocycles. The van der Waals surface area contributed by atoms with E-state index in [1.54, 1.807) is 14.2 Å². The fraction of sp³-hybridized carbons (Fsp3) is 0.611. The standard InChI is InChI=1S/C18H31N5O2/c1-6-25-16-8-7-14(11-17(16)24-5)21-18(19-2)20-12-15-13-22(3)9-10-23(15)4/h7-8,11,15H,6,9-10,12-13H2,1-5H3,(H2,19,20,21). The molecule has 140 valence electrons. The number of benzene rings is 1. The third-order valence-corrected chi connectivity index (χ3v) is 4.44. The minimum absolute atomic E-state index is 0.465. The summed E-state index contributed by atoms with van der Waals surface area (Å²) in [7, 11) is 7.76. The van der Waals surface area contributed by atoms with Gasteiger partial charge in [0.15, 0.2) is 17.5 Å². The first-order valence-electron chi connectivity index (χ1n) is 8.74. The van der Waals surface area contributed by atoms with Crippen LogP contribution in [0.4, 0.5) is 5.69 Å². The normalized spacial score (nSPS) is 19.6. The molecule has 1 heterocycles. The van der Waals surface area contributed by atoms with E-state index in [2.05, 4.69) is 39.5 Å². The molecular formula is C18H31N5O2. The first-order chi connectivity index (χ1) is 12.1. The summed E-state index contributed by atoms with van der Waals surface area (Å²) in [5.74, 6) is 2.19. The van der Waals surface area contributed by atoms with E-state index < -0.39 is 0 Å². The summed E-state index contributed by atoms with van der Waals surface area (Å²) < 4.78 is 11.0. The van der Waals surface area contributed by atoms with Gasteiger partial charge in [0.05, 0.1) is 13.7 Å². The Morgan fingerprint density at radius 1 is 1.28 bits per heavy atom. The molecule has 1 aromatic rings. The van der Waals surface area contributed by atoms with E-state index in [0.717, 1.165) is 43.6 Å². The molecule has 2 N–H and O–H groups in total. The van der Waals surface area contributed by atoms with Crippen LogP contribution in [0.3, 0.4) is 0 Å². The smallest absolute Gasteiger partial charge is 0.195 e. The van der Waals surface area contributed by atoms with Crippen molar-refractivity contribution < 1.29 is 9.47 Å². The Bertz CT molecular complexity index is 579. The van der Waals surface area contributed by atoms with Gasteiger partial charge in [-0.05, 0) is 33.2 Å². The van der Waals surface area contributed by atoms with Gasteiger partial charge in [-0.2, -0.15) is 0 Å². The summed E-state index contributed by atoms with van der Waals surface area (Å²) in [5.41, 5.74) is 0.905. The largest absolute Gasteiger partial charge is 0.493 e. The number of hydrogen-bond acceptors (Lipinski definition) is 5. The molecule has 0 spiro atoms. The first-order valence-corrected chi connectivity index (χ1v) is 8.74. The fourth-order valence-electron chi connectivity index (χ4n) is 2.87. The van der Waals surface area contributed by atoms with Crippen molar-refractivity contribution in [2.45, 2.75) is 13.0 Å². The number of anilines is 1. The van der Waals surface area contributed by atoms with Crippen LogP contribution in [0.1, 0.15) is 6.92 Å². The molecule has 0 saturated carbocycles. The highest BCUT2D eigenvalue weighted by molar-refractivity contribution is 5.93. The van der Waals surface area contributed by atoms with Gasteiger partial charge in [0.25, 0.3) is 0 Å². The molecule has 0 aromatic heterocycles. The van der Waals surface area contributed by atoms with Crippen LogP contribution in [0.2, 0.25) is 0 Å². The molecule has 2 rings (SSSR count). The molecule has 0 amide bonds. The van der Waals surface area contributed by atoms with Crippen LogP contribution in [0.5, 0.6) is 11.5 Å². The lowest BCUT2D eigenvalue weighted by Crippen LogP contribution is -2.54. The maximum atomic E-state index is 5.55. The molecule has 1 fully saturated rings. The molecular weight excluding hydrogens is 318 g/mol. The molecule has 7 nitrogen and oxygen atoms in total. The predicted molar refractivity (Wildman–Crippen MR) is 103 cm³/mol. The van der Waals surface area contributed by atoms with E-state index in [1.807, 2.05) is 25.1 Å². The number of nitrogens with one attached hydrogen (secondary N) is 2. The van der Waals surface area contributed by atoms with Crippen LogP contribution in [-0.4, -0.2) is 82.8 Å². The second-order valence-electron chi connectivity index (χ2n) is 6.27. The SMILES string of the molecule is CCOc1ccc(NC(=NC)NCC2CN(C)CCN2C)cc1OC. The Morgan fingerprint density at radius 3 is 2.76 bits per heavy atom. The van der Waals surface area contributed by atoms with Gasteiger partial charge in [-0.1, -0.05) is 0 Å². The van der Waals surface area contributed by atoms with Crippen LogP contribution >= 0.6 is 0 Å². The summed E-state index contributed by atoms with van der Waals surface area (Å²) in [4.78, 5) is 9.07. The number of nitrogens with zero attached hydrogens (tertiary/aromatic N) is 3. The Labute approximate surface area is 151 Å². The number of guanidine groups is 1. The van der Waals surface area contributed by atoms with Gasteiger partial charge in [0.1, 0.15) is 0 Å².